The summed E-state index contributed by atoms with van der Waals surface area (Å²) in [6.45, 7) is 3.50. The molecule has 5 rings (SSSR count). The fourth-order valence-corrected chi connectivity index (χ4v) is 4.35. The minimum absolute atomic E-state index is 0.381. The Labute approximate surface area is 176 Å². The molecule has 1 aliphatic heterocycles. The van der Waals surface area contributed by atoms with Crippen LogP contribution in [0.15, 0.2) is 65.2 Å². The van der Waals surface area contributed by atoms with Gasteiger partial charge in [-0.3, -0.25) is 0 Å². The van der Waals surface area contributed by atoms with Crippen molar-refractivity contribution in [3.8, 4) is 0 Å². The topological polar surface area (TPSA) is 67.9 Å². The van der Waals surface area contributed by atoms with Crippen LogP contribution >= 0.6 is 0 Å². The Morgan fingerprint density at radius 2 is 1.97 bits per heavy atom. The molecular weight excluding hydrogens is 374 g/mol. The molecule has 2 atom stereocenters. The molecule has 2 aromatic heterocycles. The van der Waals surface area contributed by atoms with E-state index < -0.39 is 0 Å². The number of rotatable bonds is 6. The number of nitrogens with zero attached hydrogens (tertiary/aromatic N) is 3. The first kappa shape index (κ1) is 18.9. The first-order valence-corrected chi connectivity index (χ1v) is 10.6. The van der Waals surface area contributed by atoms with E-state index in [1.165, 1.54) is 5.56 Å². The van der Waals surface area contributed by atoms with Gasteiger partial charge >= 0.3 is 0 Å². The number of imidazole rings is 1. The maximum absolute atomic E-state index is 5.74. The van der Waals surface area contributed by atoms with Gasteiger partial charge in [0.15, 0.2) is 5.89 Å². The number of nitrogens with one attached hydrogen (secondary N) is 2. The molecule has 1 aliphatic rings. The number of aromatic nitrogens is 3. The standard InChI is InChI=1S/C24H27N5O/c1-17-26-15-21(30-17)16-29-23-10-6-5-9-22(23)28-24(29)27-19-11-12-25-20(14-19)13-18-7-3-2-4-8-18/h2-10,15,19-20,25H,11-14,16H2,1H3,(H,27,28)/t19-,20+/m1/s1. The zero-order valence-corrected chi connectivity index (χ0v) is 17.2. The monoisotopic (exact) mass is 401 g/mol. The van der Waals surface area contributed by atoms with Crippen LogP contribution in [0.4, 0.5) is 5.95 Å². The highest BCUT2D eigenvalue weighted by Gasteiger charge is 2.23. The highest BCUT2D eigenvalue weighted by molar-refractivity contribution is 5.78. The third kappa shape index (κ3) is 4.09. The Hall–Kier alpha value is -3.12. The number of para-hydroxylation sites is 2. The van der Waals surface area contributed by atoms with Crippen LogP contribution in [0.25, 0.3) is 11.0 Å². The lowest BCUT2D eigenvalue weighted by Crippen LogP contribution is -2.44. The molecule has 0 bridgehead atoms. The highest BCUT2D eigenvalue weighted by Crippen LogP contribution is 2.24. The predicted octanol–water partition coefficient (Wildman–Crippen LogP) is 4.16. The number of piperidine rings is 1. The van der Waals surface area contributed by atoms with Crippen molar-refractivity contribution in [3.63, 3.8) is 0 Å². The zero-order chi connectivity index (χ0) is 20.3. The van der Waals surface area contributed by atoms with Gasteiger partial charge in [0, 0.05) is 19.0 Å². The van der Waals surface area contributed by atoms with Gasteiger partial charge in [-0.05, 0) is 43.5 Å². The molecule has 1 fully saturated rings. The smallest absolute Gasteiger partial charge is 0.204 e. The van der Waals surface area contributed by atoms with Crippen molar-refractivity contribution in [2.75, 3.05) is 11.9 Å². The highest BCUT2D eigenvalue weighted by atomic mass is 16.4. The maximum atomic E-state index is 5.74. The molecule has 0 saturated carbocycles. The van der Waals surface area contributed by atoms with Gasteiger partial charge in [-0.15, -0.1) is 0 Å². The summed E-state index contributed by atoms with van der Waals surface area (Å²) in [7, 11) is 0. The summed E-state index contributed by atoms with van der Waals surface area (Å²) in [4.78, 5) is 9.13. The van der Waals surface area contributed by atoms with Crippen LogP contribution in [0.3, 0.4) is 0 Å². The summed E-state index contributed by atoms with van der Waals surface area (Å²) in [5.41, 5.74) is 3.47. The Balaban J connectivity index is 1.36. The normalized spacial score (nSPS) is 19.2. The zero-order valence-electron chi connectivity index (χ0n) is 17.2. The van der Waals surface area contributed by atoms with E-state index in [0.717, 1.165) is 48.5 Å². The van der Waals surface area contributed by atoms with Gasteiger partial charge in [0.25, 0.3) is 0 Å². The second-order valence-corrected chi connectivity index (χ2v) is 8.06. The fraction of sp³-hybridized carbons (Fsp3) is 0.333. The quantitative estimate of drug-likeness (QED) is 0.508. The van der Waals surface area contributed by atoms with E-state index >= 15 is 0 Å². The third-order valence-corrected chi connectivity index (χ3v) is 5.79. The molecule has 6 heteroatoms. The van der Waals surface area contributed by atoms with E-state index in [2.05, 4.69) is 68.7 Å². The largest absolute Gasteiger partial charge is 0.444 e. The third-order valence-electron chi connectivity index (χ3n) is 5.79. The van der Waals surface area contributed by atoms with Crippen molar-refractivity contribution >= 4 is 17.0 Å². The molecular formula is C24H27N5O. The number of fused-ring (bicyclic) bond motifs is 1. The van der Waals surface area contributed by atoms with Gasteiger partial charge in [0.05, 0.1) is 23.8 Å². The SMILES string of the molecule is Cc1ncc(Cn2c(N[C@@H]3CCN[C@@H](Cc4ccccc4)C3)nc3ccccc32)o1. The molecule has 4 aromatic rings. The molecule has 30 heavy (non-hydrogen) atoms. The van der Waals surface area contributed by atoms with E-state index in [1.54, 1.807) is 6.20 Å². The van der Waals surface area contributed by atoms with Crippen molar-refractivity contribution in [2.45, 2.75) is 44.8 Å². The Morgan fingerprint density at radius 3 is 2.80 bits per heavy atom. The summed E-state index contributed by atoms with van der Waals surface area (Å²) in [6, 6.07) is 19.8. The minimum atomic E-state index is 0.381. The Bertz CT molecular complexity index is 1120. The van der Waals surface area contributed by atoms with Gasteiger partial charge in [-0.1, -0.05) is 42.5 Å². The van der Waals surface area contributed by atoms with Crippen LogP contribution in [0, 0.1) is 6.92 Å². The summed E-state index contributed by atoms with van der Waals surface area (Å²) < 4.78 is 7.93. The number of hydrogen-bond acceptors (Lipinski definition) is 5. The average Bonchev–Trinajstić information content (AvgIpc) is 3.33. The predicted molar refractivity (Wildman–Crippen MR) is 119 cm³/mol. The van der Waals surface area contributed by atoms with E-state index in [0.29, 0.717) is 24.5 Å². The van der Waals surface area contributed by atoms with Gasteiger partial charge in [0.1, 0.15) is 5.76 Å². The number of benzene rings is 2. The number of anilines is 1. The van der Waals surface area contributed by atoms with Crippen molar-refractivity contribution in [3.05, 3.63) is 78.0 Å². The summed E-state index contributed by atoms with van der Waals surface area (Å²) in [5, 5.41) is 7.41. The van der Waals surface area contributed by atoms with Crippen molar-refractivity contribution in [1.82, 2.24) is 19.9 Å². The van der Waals surface area contributed by atoms with Crippen LogP contribution in [0.1, 0.15) is 30.1 Å². The van der Waals surface area contributed by atoms with Crippen LogP contribution in [-0.4, -0.2) is 33.2 Å². The molecule has 0 aliphatic carbocycles. The maximum Gasteiger partial charge on any atom is 0.204 e. The molecule has 2 aromatic carbocycles. The van der Waals surface area contributed by atoms with Crippen molar-refractivity contribution in [2.24, 2.45) is 0 Å². The van der Waals surface area contributed by atoms with E-state index in [4.69, 9.17) is 9.40 Å². The second kappa shape index (κ2) is 8.32. The summed E-state index contributed by atoms with van der Waals surface area (Å²) in [6.07, 6.45) is 5.00. The van der Waals surface area contributed by atoms with E-state index in [9.17, 15) is 0 Å². The molecule has 2 N–H and O–H groups in total. The first-order chi connectivity index (χ1) is 14.7. The van der Waals surface area contributed by atoms with Crippen molar-refractivity contribution in [1.29, 1.82) is 0 Å². The van der Waals surface area contributed by atoms with Crippen LogP contribution in [0.2, 0.25) is 0 Å². The van der Waals surface area contributed by atoms with Crippen LogP contribution < -0.4 is 10.6 Å². The molecule has 1 saturated heterocycles. The van der Waals surface area contributed by atoms with E-state index in [1.807, 2.05) is 13.0 Å². The Morgan fingerprint density at radius 1 is 1.13 bits per heavy atom. The number of aryl methyl sites for hydroxylation is 1. The average molecular weight is 402 g/mol. The van der Waals surface area contributed by atoms with Crippen molar-refractivity contribution < 1.29 is 4.42 Å². The summed E-state index contributed by atoms with van der Waals surface area (Å²) in [5.74, 6) is 2.42. The molecule has 6 nitrogen and oxygen atoms in total. The lowest BCUT2D eigenvalue weighted by atomic mass is 9.94. The van der Waals surface area contributed by atoms with E-state index in [-0.39, 0.29) is 0 Å². The van der Waals surface area contributed by atoms with Gasteiger partial charge in [-0.2, -0.15) is 0 Å². The summed E-state index contributed by atoms with van der Waals surface area (Å²) >= 11 is 0. The lowest BCUT2D eigenvalue weighted by Gasteiger charge is -2.31. The van der Waals surface area contributed by atoms with Gasteiger partial charge < -0.3 is 19.6 Å². The molecule has 0 unspecified atom stereocenters. The molecule has 0 radical (unpaired) electrons. The minimum Gasteiger partial charge on any atom is -0.444 e. The van der Waals surface area contributed by atoms with Gasteiger partial charge in [0.2, 0.25) is 5.95 Å². The number of oxazole rings is 1. The fourth-order valence-electron chi connectivity index (χ4n) is 4.35. The first-order valence-electron chi connectivity index (χ1n) is 10.6. The lowest BCUT2D eigenvalue weighted by molar-refractivity contribution is 0.372. The number of hydrogen-bond donors (Lipinski definition) is 2. The Kier molecular flexibility index (Phi) is 5.24. The van der Waals surface area contributed by atoms with Crippen LogP contribution in [0.5, 0.6) is 0 Å². The van der Waals surface area contributed by atoms with Crippen LogP contribution in [-0.2, 0) is 13.0 Å². The molecule has 0 amide bonds. The second-order valence-electron chi connectivity index (χ2n) is 8.06. The molecule has 3 heterocycles. The molecule has 154 valence electrons. The van der Waals surface area contributed by atoms with Gasteiger partial charge in [-0.25, -0.2) is 9.97 Å². The molecule has 0 spiro atoms.